The Labute approximate surface area is 203 Å². The summed E-state index contributed by atoms with van der Waals surface area (Å²) in [6.07, 6.45) is 18.4. The van der Waals surface area contributed by atoms with Gasteiger partial charge in [-0.25, -0.2) is 4.79 Å². The number of aryl methyl sites for hydroxylation is 1. The van der Waals surface area contributed by atoms with Crippen LogP contribution in [0.15, 0.2) is 0 Å². The number of anilines is 1. The summed E-state index contributed by atoms with van der Waals surface area (Å²) in [6.45, 7) is 2.25. The molecule has 2 N–H and O–H groups in total. The second kappa shape index (κ2) is 15.4. The van der Waals surface area contributed by atoms with Gasteiger partial charge in [-0.3, -0.25) is 4.79 Å². The molecule has 32 heavy (non-hydrogen) atoms. The Kier molecular flexibility index (Phi) is 12.9. The number of thiocarbonyl (C=S) groups is 1. The van der Waals surface area contributed by atoms with Crippen LogP contribution in [0, 0.1) is 0 Å². The number of amides is 1. The van der Waals surface area contributed by atoms with Crippen LogP contribution in [0.5, 0.6) is 0 Å². The minimum Gasteiger partial charge on any atom is -0.465 e. The van der Waals surface area contributed by atoms with Gasteiger partial charge in [0, 0.05) is 11.3 Å². The zero-order chi connectivity index (χ0) is 23.2. The van der Waals surface area contributed by atoms with Crippen LogP contribution < -0.4 is 10.6 Å². The summed E-state index contributed by atoms with van der Waals surface area (Å²) in [5, 5.41) is 6.77. The largest absolute Gasteiger partial charge is 0.465 e. The quantitative estimate of drug-likeness (QED) is 0.172. The van der Waals surface area contributed by atoms with Gasteiger partial charge in [-0.15, -0.1) is 11.3 Å². The molecule has 0 radical (unpaired) electrons. The van der Waals surface area contributed by atoms with Gasteiger partial charge in [0.25, 0.3) is 0 Å². The number of hydrogen-bond acceptors (Lipinski definition) is 5. The fraction of sp³-hybridized carbons (Fsp3) is 0.720. The molecule has 0 saturated carbocycles. The van der Waals surface area contributed by atoms with Crippen molar-refractivity contribution in [3.63, 3.8) is 0 Å². The highest BCUT2D eigenvalue weighted by molar-refractivity contribution is 7.80. The molecule has 7 heteroatoms. The van der Waals surface area contributed by atoms with Gasteiger partial charge in [0.05, 0.1) is 12.7 Å². The number of methoxy groups -OCH3 is 1. The number of ether oxygens (including phenoxy) is 1. The Morgan fingerprint density at radius 1 is 0.938 bits per heavy atom. The van der Waals surface area contributed by atoms with Gasteiger partial charge in [0.2, 0.25) is 5.91 Å². The average Bonchev–Trinajstić information content (AvgIpc) is 3.14. The zero-order valence-corrected chi connectivity index (χ0v) is 21.5. The van der Waals surface area contributed by atoms with Crippen molar-refractivity contribution in [1.29, 1.82) is 0 Å². The van der Waals surface area contributed by atoms with Crippen molar-refractivity contribution in [2.75, 3.05) is 12.4 Å². The third-order valence-electron chi connectivity index (χ3n) is 6.05. The molecule has 1 heterocycles. The van der Waals surface area contributed by atoms with Crippen molar-refractivity contribution in [2.24, 2.45) is 0 Å². The molecule has 1 aromatic rings. The van der Waals surface area contributed by atoms with E-state index in [-0.39, 0.29) is 17.0 Å². The molecule has 0 aromatic carbocycles. The fourth-order valence-corrected chi connectivity index (χ4v) is 5.81. The predicted octanol–water partition coefficient (Wildman–Crippen LogP) is 6.93. The van der Waals surface area contributed by atoms with Gasteiger partial charge < -0.3 is 15.4 Å². The lowest BCUT2D eigenvalue weighted by Crippen LogP contribution is -2.34. The van der Waals surface area contributed by atoms with E-state index in [1.165, 1.54) is 69.8 Å². The summed E-state index contributed by atoms with van der Waals surface area (Å²) >= 11 is 6.88. The molecule has 0 unspecified atom stereocenters. The van der Waals surface area contributed by atoms with Crippen molar-refractivity contribution in [3.05, 3.63) is 16.0 Å². The number of thiophene rings is 1. The first-order valence-corrected chi connectivity index (χ1v) is 13.6. The van der Waals surface area contributed by atoms with Gasteiger partial charge in [0.15, 0.2) is 5.11 Å². The number of nitrogens with one attached hydrogen (secondary N) is 2. The van der Waals surface area contributed by atoms with Crippen molar-refractivity contribution >= 4 is 45.5 Å². The van der Waals surface area contributed by atoms with Crippen LogP contribution in [-0.4, -0.2) is 24.1 Å². The van der Waals surface area contributed by atoms with E-state index in [4.69, 9.17) is 17.0 Å². The summed E-state index contributed by atoms with van der Waals surface area (Å²) in [6, 6.07) is 0. The molecule has 1 aliphatic rings. The lowest BCUT2D eigenvalue weighted by Gasteiger charge is -2.12. The zero-order valence-electron chi connectivity index (χ0n) is 19.9. The lowest BCUT2D eigenvalue weighted by atomic mass is 9.95. The number of unbranched alkanes of at least 4 members (excludes halogenated alkanes) is 10. The van der Waals surface area contributed by atoms with E-state index in [0.717, 1.165) is 44.1 Å². The molecule has 0 atom stereocenters. The third-order valence-corrected chi connectivity index (χ3v) is 7.46. The molecular formula is C25H40N2O3S2. The Morgan fingerprint density at radius 3 is 2.16 bits per heavy atom. The van der Waals surface area contributed by atoms with Crippen LogP contribution in [0.4, 0.5) is 5.00 Å². The van der Waals surface area contributed by atoms with E-state index in [1.54, 1.807) is 11.3 Å². The van der Waals surface area contributed by atoms with Crippen molar-refractivity contribution in [3.8, 4) is 0 Å². The Morgan fingerprint density at radius 2 is 1.53 bits per heavy atom. The maximum Gasteiger partial charge on any atom is 0.341 e. The summed E-state index contributed by atoms with van der Waals surface area (Å²) in [4.78, 5) is 25.8. The van der Waals surface area contributed by atoms with E-state index >= 15 is 0 Å². The maximum atomic E-state index is 12.3. The molecule has 0 fully saturated rings. The van der Waals surface area contributed by atoms with Crippen LogP contribution in [0.25, 0.3) is 0 Å². The lowest BCUT2D eigenvalue weighted by molar-refractivity contribution is -0.119. The fourth-order valence-electron chi connectivity index (χ4n) is 4.25. The van der Waals surface area contributed by atoms with Crippen LogP contribution in [0.3, 0.4) is 0 Å². The summed E-state index contributed by atoms with van der Waals surface area (Å²) in [5.41, 5.74) is 1.65. The first-order chi connectivity index (χ1) is 15.6. The van der Waals surface area contributed by atoms with Crippen LogP contribution in [0.2, 0.25) is 0 Å². The van der Waals surface area contributed by atoms with E-state index in [9.17, 15) is 9.59 Å². The molecule has 180 valence electrons. The van der Waals surface area contributed by atoms with E-state index in [0.29, 0.717) is 17.0 Å². The number of esters is 1. The highest BCUT2D eigenvalue weighted by Gasteiger charge is 2.26. The average molecular weight is 481 g/mol. The van der Waals surface area contributed by atoms with Crippen molar-refractivity contribution < 1.29 is 14.3 Å². The smallest absolute Gasteiger partial charge is 0.341 e. The number of carbonyl (C=O) groups excluding carboxylic acids is 2. The molecule has 1 aliphatic carbocycles. The van der Waals surface area contributed by atoms with Crippen LogP contribution in [0.1, 0.15) is 118 Å². The molecule has 2 rings (SSSR count). The van der Waals surface area contributed by atoms with Crippen LogP contribution in [-0.2, 0) is 22.4 Å². The number of hydrogen-bond donors (Lipinski definition) is 2. The van der Waals surface area contributed by atoms with Gasteiger partial charge >= 0.3 is 5.97 Å². The first kappa shape index (κ1) is 26.8. The molecule has 0 spiro atoms. The number of carbonyl (C=O) groups is 2. The molecule has 0 aliphatic heterocycles. The highest BCUT2D eigenvalue weighted by atomic mass is 32.1. The Hall–Kier alpha value is -1.47. The van der Waals surface area contributed by atoms with Crippen molar-refractivity contribution in [2.45, 2.75) is 110 Å². The van der Waals surface area contributed by atoms with E-state index < -0.39 is 0 Å². The molecular weight excluding hydrogens is 440 g/mol. The van der Waals surface area contributed by atoms with Gasteiger partial charge in [0.1, 0.15) is 5.00 Å². The minimum atomic E-state index is -0.345. The number of rotatable bonds is 14. The Bertz CT molecular complexity index is 746. The molecule has 5 nitrogen and oxygen atoms in total. The third kappa shape index (κ3) is 9.18. The topological polar surface area (TPSA) is 67.4 Å². The Balaban J connectivity index is 1.64. The maximum absolute atomic E-state index is 12.3. The predicted molar refractivity (Wildman–Crippen MR) is 138 cm³/mol. The van der Waals surface area contributed by atoms with Gasteiger partial charge in [-0.05, 0) is 49.9 Å². The minimum absolute atomic E-state index is 0.0700. The SMILES string of the molecule is CCCCCCCCCCCCCC(=O)NC(=S)Nc1sc2c(c1C(=O)OC)CCCC2. The summed E-state index contributed by atoms with van der Waals surface area (Å²) in [5.74, 6) is -0.415. The van der Waals surface area contributed by atoms with Crippen molar-refractivity contribution in [1.82, 2.24) is 5.32 Å². The monoisotopic (exact) mass is 480 g/mol. The standard InChI is InChI=1S/C25H40N2O3S2/c1-3-4-5-6-7-8-9-10-11-12-13-18-21(28)26-25(31)27-23-22(24(29)30-2)19-16-14-15-17-20(19)32-23/h3-18H2,1-2H3,(H2,26,27,28,31). The molecule has 1 aromatic heterocycles. The molecule has 1 amide bonds. The van der Waals surface area contributed by atoms with Crippen LogP contribution >= 0.6 is 23.6 Å². The van der Waals surface area contributed by atoms with E-state index in [2.05, 4.69) is 17.6 Å². The number of fused-ring (bicyclic) bond motifs is 1. The second-order valence-electron chi connectivity index (χ2n) is 8.69. The molecule has 0 bridgehead atoms. The molecule has 0 saturated heterocycles. The first-order valence-electron chi connectivity index (χ1n) is 12.4. The van der Waals surface area contributed by atoms with Gasteiger partial charge in [-0.2, -0.15) is 0 Å². The van der Waals surface area contributed by atoms with E-state index in [1.807, 2.05) is 0 Å². The normalized spacial score (nSPS) is 12.8. The second-order valence-corrected chi connectivity index (χ2v) is 10.2. The van der Waals surface area contributed by atoms with Gasteiger partial charge in [-0.1, -0.05) is 71.1 Å². The highest BCUT2D eigenvalue weighted by Crippen LogP contribution is 2.38. The summed E-state index contributed by atoms with van der Waals surface area (Å²) in [7, 11) is 1.40. The summed E-state index contributed by atoms with van der Waals surface area (Å²) < 4.78 is 4.98.